The molecule has 80 valence electrons. The van der Waals surface area contributed by atoms with Crippen LogP contribution >= 0.6 is 0 Å². The monoisotopic (exact) mass is 198 g/mol. The molecule has 1 aliphatic heterocycles. The normalized spacial score (nSPS) is 28.0. The summed E-state index contributed by atoms with van der Waals surface area (Å²) in [5.41, 5.74) is 0.261. The van der Waals surface area contributed by atoms with Crippen LogP contribution in [-0.4, -0.2) is 24.8 Å². The molecule has 1 saturated heterocycles. The molecule has 1 heterocycles. The van der Waals surface area contributed by atoms with Crippen LogP contribution in [0.4, 0.5) is 0 Å². The number of carbonyl (C=O) groups excluding carboxylic acids is 1. The molecule has 1 saturated carbocycles. The zero-order valence-electron chi connectivity index (χ0n) is 9.13. The van der Waals surface area contributed by atoms with E-state index < -0.39 is 5.79 Å². The number of rotatable bonds is 2. The maximum Gasteiger partial charge on any atom is 0.226 e. The Labute approximate surface area is 84.8 Å². The first-order chi connectivity index (χ1) is 6.48. The van der Waals surface area contributed by atoms with Gasteiger partial charge in [-0.15, -0.1) is 0 Å². The molecule has 2 fully saturated rings. The molecule has 3 heteroatoms. The van der Waals surface area contributed by atoms with Gasteiger partial charge in [-0.2, -0.15) is 0 Å². The number of hydrogen-bond donors (Lipinski definition) is 0. The molecule has 14 heavy (non-hydrogen) atoms. The molecular weight excluding hydrogens is 180 g/mol. The van der Waals surface area contributed by atoms with Gasteiger partial charge in [0.1, 0.15) is 0 Å². The minimum atomic E-state index is -0.984. The van der Waals surface area contributed by atoms with Crippen LogP contribution in [0.25, 0.3) is 0 Å². The van der Waals surface area contributed by atoms with Crippen LogP contribution in [0.3, 0.4) is 0 Å². The molecule has 0 amide bonds. The Bertz CT molecular complexity index is 243. The van der Waals surface area contributed by atoms with Gasteiger partial charge in [-0.05, 0) is 19.8 Å². The second kappa shape index (κ2) is 3.04. The van der Waals surface area contributed by atoms with Crippen LogP contribution in [0.1, 0.15) is 33.6 Å². The number of ketones is 1. The molecule has 2 aliphatic rings. The Balaban J connectivity index is 2.00. The molecule has 0 atom stereocenters. The van der Waals surface area contributed by atoms with Gasteiger partial charge in [-0.3, -0.25) is 4.79 Å². The number of ether oxygens (including phenoxy) is 2. The topological polar surface area (TPSA) is 35.5 Å². The lowest BCUT2D eigenvalue weighted by atomic mass is 9.99. The summed E-state index contributed by atoms with van der Waals surface area (Å²) in [6, 6.07) is 0. The van der Waals surface area contributed by atoms with Crippen molar-refractivity contribution in [2.45, 2.75) is 39.4 Å². The molecule has 0 bridgehead atoms. The molecule has 0 aromatic heterocycles. The number of carbonyl (C=O) groups is 1. The van der Waals surface area contributed by atoms with Crippen molar-refractivity contribution < 1.29 is 14.3 Å². The lowest BCUT2D eigenvalue weighted by molar-refractivity contribution is -0.265. The van der Waals surface area contributed by atoms with E-state index in [4.69, 9.17) is 9.47 Å². The average molecular weight is 198 g/mol. The second-order valence-corrected chi connectivity index (χ2v) is 5.04. The minimum absolute atomic E-state index is 0.0340. The highest BCUT2D eigenvalue weighted by Crippen LogP contribution is 2.50. The molecule has 1 spiro atoms. The minimum Gasteiger partial charge on any atom is -0.343 e. The van der Waals surface area contributed by atoms with E-state index in [1.807, 2.05) is 13.8 Å². The summed E-state index contributed by atoms with van der Waals surface area (Å²) < 4.78 is 11.2. The first-order valence-electron chi connectivity index (χ1n) is 5.30. The summed E-state index contributed by atoms with van der Waals surface area (Å²) in [7, 11) is 0. The SMILES string of the molecule is CC(C)C(=O)C1(C)OCC2(CC2)CO1. The maximum atomic E-state index is 11.8. The smallest absolute Gasteiger partial charge is 0.226 e. The van der Waals surface area contributed by atoms with Crippen LogP contribution < -0.4 is 0 Å². The van der Waals surface area contributed by atoms with Gasteiger partial charge in [0.05, 0.1) is 13.2 Å². The van der Waals surface area contributed by atoms with Crippen LogP contribution in [0, 0.1) is 11.3 Å². The lowest BCUT2D eigenvalue weighted by Crippen LogP contribution is -2.50. The third-order valence-electron chi connectivity index (χ3n) is 3.24. The molecule has 0 radical (unpaired) electrons. The van der Waals surface area contributed by atoms with Crippen LogP contribution in [0.15, 0.2) is 0 Å². The van der Waals surface area contributed by atoms with E-state index in [9.17, 15) is 4.79 Å². The van der Waals surface area contributed by atoms with Gasteiger partial charge in [-0.1, -0.05) is 13.8 Å². The predicted octanol–water partition coefficient (Wildman–Crippen LogP) is 1.75. The fraction of sp³-hybridized carbons (Fsp3) is 0.909. The summed E-state index contributed by atoms with van der Waals surface area (Å²) >= 11 is 0. The van der Waals surface area contributed by atoms with Gasteiger partial charge in [0.2, 0.25) is 5.79 Å². The average Bonchev–Trinajstić information content (AvgIpc) is 2.90. The van der Waals surface area contributed by atoms with Crippen LogP contribution in [0.2, 0.25) is 0 Å². The van der Waals surface area contributed by atoms with E-state index in [2.05, 4.69) is 0 Å². The Kier molecular flexibility index (Phi) is 2.20. The zero-order chi connectivity index (χ0) is 10.4. The lowest BCUT2D eigenvalue weighted by Gasteiger charge is -2.37. The Morgan fingerprint density at radius 3 is 2.07 bits per heavy atom. The van der Waals surface area contributed by atoms with Crippen molar-refractivity contribution in [1.29, 1.82) is 0 Å². The van der Waals surface area contributed by atoms with Crippen LogP contribution in [-0.2, 0) is 14.3 Å². The predicted molar refractivity (Wildman–Crippen MR) is 51.8 cm³/mol. The van der Waals surface area contributed by atoms with E-state index in [-0.39, 0.29) is 17.1 Å². The van der Waals surface area contributed by atoms with Crippen molar-refractivity contribution in [2.24, 2.45) is 11.3 Å². The highest BCUT2D eigenvalue weighted by molar-refractivity contribution is 5.87. The van der Waals surface area contributed by atoms with Gasteiger partial charge in [-0.25, -0.2) is 0 Å². The van der Waals surface area contributed by atoms with Crippen molar-refractivity contribution in [3.63, 3.8) is 0 Å². The third kappa shape index (κ3) is 1.59. The molecule has 0 unspecified atom stereocenters. The molecular formula is C11H18O3. The second-order valence-electron chi connectivity index (χ2n) is 5.04. The zero-order valence-corrected chi connectivity index (χ0v) is 9.13. The maximum absolute atomic E-state index is 11.8. The summed E-state index contributed by atoms with van der Waals surface area (Å²) in [6.45, 7) is 6.86. The van der Waals surface area contributed by atoms with Gasteiger partial charge in [0.25, 0.3) is 0 Å². The first-order valence-corrected chi connectivity index (χ1v) is 5.30. The van der Waals surface area contributed by atoms with Crippen molar-refractivity contribution >= 4 is 5.78 Å². The first kappa shape index (κ1) is 10.1. The number of Topliss-reactive ketones (excluding diaryl/α,β-unsaturated/α-hetero) is 1. The van der Waals surface area contributed by atoms with Crippen molar-refractivity contribution in [3.8, 4) is 0 Å². The Morgan fingerprint density at radius 1 is 1.21 bits per heavy atom. The third-order valence-corrected chi connectivity index (χ3v) is 3.24. The van der Waals surface area contributed by atoms with E-state index >= 15 is 0 Å². The van der Waals surface area contributed by atoms with Gasteiger partial charge >= 0.3 is 0 Å². The summed E-state index contributed by atoms with van der Waals surface area (Å²) in [4.78, 5) is 11.8. The fourth-order valence-electron chi connectivity index (χ4n) is 1.80. The van der Waals surface area contributed by atoms with Crippen molar-refractivity contribution in [2.75, 3.05) is 13.2 Å². The fourth-order valence-corrected chi connectivity index (χ4v) is 1.80. The van der Waals surface area contributed by atoms with E-state index in [1.165, 1.54) is 12.8 Å². The van der Waals surface area contributed by atoms with Crippen molar-refractivity contribution in [3.05, 3.63) is 0 Å². The summed E-state index contributed by atoms with van der Waals surface area (Å²) in [6.07, 6.45) is 2.36. The number of hydrogen-bond acceptors (Lipinski definition) is 3. The highest BCUT2D eigenvalue weighted by Gasteiger charge is 2.52. The largest absolute Gasteiger partial charge is 0.343 e. The van der Waals surface area contributed by atoms with Crippen LogP contribution in [0.5, 0.6) is 0 Å². The van der Waals surface area contributed by atoms with Gasteiger partial charge < -0.3 is 9.47 Å². The molecule has 0 aromatic carbocycles. The summed E-state index contributed by atoms with van der Waals surface area (Å²) in [5.74, 6) is -0.969. The van der Waals surface area contributed by atoms with Crippen molar-refractivity contribution in [1.82, 2.24) is 0 Å². The molecule has 1 aliphatic carbocycles. The van der Waals surface area contributed by atoms with E-state index in [0.717, 1.165) is 0 Å². The van der Waals surface area contributed by atoms with Gasteiger partial charge in [0.15, 0.2) is 5.78 Å². The molecule has 0 N–H and O–H groups in total. The van der Waals surface area contributed by atoms with E-state index in [0.29, 0.717) is 13.2 Å². The van der Waals surface area contributed by atoms with E-state index in [1.54, 1.807) is 6.92 Å². The molecule has 0 aromatic rings. The van der Waals surface area contributed by atoms with Gasteiger partial charge in [0, 0.05) is 11.3 Å². The highest BCUT2D eigenvalue weighted by atomic mass is 16.7. The Hall–Kier alpha value is -0.410. The summed E-state index contributed by atoms with van der Waals surface area (Å²) in [5, 5.41) is 0. The standard InChI is InChI=1S/C11H18O3/c1-8(2)9(12)10(3)13-6-11(4-5-11)7-14-10/h8H,4-7H2,1-3H3. The quantitative estimate of drug-likeness (QED) is 0.678. The molecule has 3 nitrogen and oxygen atoms in total. The Morgan fingerprint density at radius 2 is 1.71 bits per heavy atom. The molecule has 2 rings (SSSR count).